The van der Waals surface area contributed by atoms with E-state index in [4.69, 9.17) is 10.5 Å². The number of ether oxygens (including phenoxy) is 1. The number of hydrogen-bond acceptors (Lipinski definition) is 7. The predicted molar refractivity (Wildman–Crippen MR) is 78.4 cm³/mol. The molecular weight excluding hydrogens is 294 g/mol. The Morgan fingerprint density at radius 2 is 2.24 bits per heavy atom. The number of rotatable bonds is 3. The standard InChI is InChI=1S/C12H17N5O3S/c13-10-9(11(19)15-7-5-8(18)14-6-7)21-12(16-10)17-1-3-20-4-2-17/h7H,1-6,13H2,(H,14,18)(H,15,19). The van der Waals surface area contributed by atoms with Crippen molar-refractivity contribution in [2.24, 2.45) is 0 Å². The number of carbonyl (C=O) groups is 2. The van der Waals surface area contributed by atoms with Crippen LogP contribution in [-0.2, 0) is 9.53 Å². The minimum Gasteiger partial charge on any atom is -0.382 e. The number of thiazole rings is 1. The Kier molecular flexibility index (Phi) is 3.93. The maximum Gasteiger partial charge on any atom is 0.265 e. The van der Waals surface area contributed by atoms with Gasteiger partial charge in [0.25, 0.3) is 5.91 Å². The molecule has 0 spiro atoms. The van der Waals surface area contributed by atoms with Gasteiger partial charge in [0.1, 0.15) is 10.7 Å². The van der Waals surface area contributed by atoms with E-state index in [-0.39, 0.29) is 23.7 Å². The fraction of sp³-hybridized carbons (Fsp3) is 0.583. The van der Waals surface area contributed by atoms with Gasteiger partial charge in [-0.15, -0.1) is 0 Å². The minimum atomic E-state index is -0.272. The summed E-state index contributed by atoms with van der Waals surface area (Å²) in [4.78, 5) is 30.1. The van der Waals surface area contributed by atoms with E-state index in [2.05, 4.69) is 20.5 Å². The maximum absolute atomic E-state index is 12.2. The third-order valence-electron chi connectivity index (χ3n) is 3.44. The average Bonchev–Trinajstić information content (AvgIpc) is 3.06. The second-order valence-electron chi connectivity index (χ2n) is 4.99. The third-order valence-corrected chi connectivity index (χ3v) is 4.57. The molecule has 0 saturated carbocycles. The molecule has 1 atom stereocenters. The molecule has 0 bridgehead atoms. The largest absolute Gasteiger partial charge is 0.382 e. The van der Waals surface area contributed by atoms with E-state index in [1.165, 1.54) is 11.3 Å². The van der Waals surface area contributed by atoms with Crippen LogP contribution >= 0.6 is 11.3 Å². The highest BCUT2D eigenvalue weighted by Crippen LogP contribution is 2.28. The van der Waals surface area contributed by atoms with Crippen molar-refractivity contribution in [3.8, 4) is 0 Å². The van der Waals surface area contributed by atoms with Gasteiger partial charge in [0, 0.05) is 26.1 Å². The number of nitrogen functional groups attached to an aromatic ring is 1. The summed E-state index contributed by atoms with van der Waals surface area (Å²) in [6.07, 6.45) is 0.306. The molecule has 1 aromatic heterocycles. The molecule has 9 heteroatoms. The zero-order chi connectivity index (χ0) is 14.8. The van der Waals surface area contributed by atoms with Crippen LogP contribution in [0.5, 0.6) is 0 Å². The summed E-state index contributed by atoms with van der Waals surface area (Å²) in [5, 5.41) is 6.22. The van der Waals surface area contributed by atoms with Crippen LogP contribution in [0, 0.1) is 0 Å². The lowest BCUT2D eigenvalue weighted by Gasteiger charge is -2.25. The molecule has 8 nitrogen and oxygen atoms in total. The third kappa shape index (κ3) is 3.08. The van der Waals surface area contributed by atoms with Crippen molar-refractivity contribution in [1.29, 1.82) is 0 Å². The van der Waals surface area contributed by atoms with Crippen molar-refractivity contribution in [3.05, 3.63) is 4.88 Å². The predicted octanol–water partition coefficient (Wildman–Crippen LogP) is -0.820. The molecular formula is C12H17N5O3S. The van der Waals surface area contributed by atoms with E-state index < -0.39 is 0 Å². The highest BCUT2D eigenvalue weighted by molar-refractivity contribution is 7.18. The van der Waals surface area contributed by atoms with Gasteiger partial charge in [-0.05, 0) is 0 Å². The molecule has 1 aromatic rings. The summed E-state index contributed by atoms with van der Waals surface area (Å²) < 4.78 is 5.29. The Hall–Kier alpha value is -1.87. The quantitative estimate of drug-likeness (QED) is 0.673. The van der Waals surface area contributed by atoms with Crippen LogP contribution in [0.3, 0.4) is 0 Å². The Morgan fingerprint density at radius 1 is 1.48 bits per heavy atom. The summed E-state index contributed by atoms with van der Waals surface area (Å²) in [5.74, 6) is -0.0890. The number of amides is 2. The lowest BCUT2D eigenvalue weighted by atomic mass is 10.2. The smallest absolute Gasteiger partial charge is 0.265 e. The number of carbonyl (C=O) groups excluding carboxylic acids is 2. The van der Waals surface area contributed by atoms with Crippen LogP contribution in [0.25, 0.3) is 0 Å². The molecule has 2 saturated heterocycles. The van der Waals surface area contributed by atoms with E-state index in [0.717, 1.165) is 18.2 Å². The number of aromatic nitrogens is 1. The molecule has 0 radical (unpaired) electrons. The molecule has 4 N–H and O–H groups in total. The zero-order valence-electron chi connectivity index (χ0n) is 11.4. The van der Waals surface area contributed by atoms with Gasteiger partial charge in [0.05, 0.1) is 19.3 Å². The maximum atomic E-state index is 12.2. The number of nitrogens with zero attached hydrogens (tertiary/aromatic N) is 2. The fourth-order valence-corrected chi connectivity index (χ4v) is 3.27. The number of morpholine rings is 1. The lowest BCUT2D eigenvalue weighted by molar-refractivity contribution is -0.119. The molecule has 114 valence electrons. The normalized spacial score (nSPS) is 22.2. The van der Waals surface area contributed by atoms with Gasteiger partial charge in [0.15, 0.2) is 5.13 Å². The second kappa shape index (κ2) is 5.86. The second-order valence-corrected chi connectivity index (χ2v) is 5.97. The summed E-state index contributed by atoms with van der Waals surface area (Å²) >= 11 is 1.28. The van der Waals surface area contributed by atoms with Crippen molar-refractivity contribution in [1.82, 2.24) is 15.6 Å². The molecule has 0 aromatic carbocycles. The van der Waals surface area contributed by atoms with Crippen molar-refractivity contribution in [2.45, 2.75) is 12.5 Å². The highest BCUT2D eigenvalue weighted by atomic mass is 32.1. The molecule has 21 heavy (non-hydrogen) atoms. The number of anilines is 2. The topological polar surface area (TPSA) is 110 Å². The van der Waals surface area contributed by atoms with Crippen LogP contribution in [0.4, 0.5) is 10.9 Å². The van der Waals surface area contributed by atoms with E-state index in [1.54, 1.807) is 0 Å². The molecule has 2 fully saturated rings. The lowest BCUT2D eigenvalue weighted by Crippen LogP contribution is -2.36. The van der Waals surface area contributed by atoms with Crippen LogP contribution in [0.2, 0.25) is 0 Å². The first-order chi connectivity index (χ1) is 10.1. The first kappa shape index (κ1) is 14.1. The molecule has 2 aliphatic rings. The summed E-state index contributed by atoms with van der Waals surface area (Å²) in [5.41, 5.74) is 5.85. The van der Waals surface area contributed by atoms with Gasteiger partial charge in [-0.2, -0.15) is 0 Å². The number of hydrogen-bond donors (Lipinski definition) is 3. The Bertz CT molecular complexity index is 555. The summed E-state index contributed by atoms with van der Waals surface area (Å²) in [6, 6.07) is -0.182. The molecule has 3 heterocycles. The first-order valence-electron chi connectivity index (χ1n) is 6.80. The molecule has 3 rings (SSSR count). The number of nitrogens with one attached hydrogen (secondary N) is 2. The SMILES string of the molecule is Nc1nc(N2CCOCC2)sc1C(=O)NC1CNC(=O)C1. The molecule has 2 amide bonds. The minimum absolute atomic E-state index is 0.0495. The number of nitrogens with two attached hydrogens (primary N) is 1. The van der Waals surface area contributed by atoms with Crippen molar-refractivity contribution in [3.63, 3.8) is 0 Å². The van der Waals surface area contributed by atoms with Gasteiger partial charge in [0.2, 0.25) is 5.91 Å². The van der Waals surface area contributed by atoms with E-state index in [0.29, 0.717) is 31.1 Å². The van der Waals surface area contributed by atoms with E-state index >= 15 is 0 Å². The first-order valence-corrected chi connectivity index (χ1v) is 7.61. The highest BCUT2D eigenvalue weighted by Gasteiger charge is 2.26. The summed E-state index contributed by atoms with van der Waals surface area (Å²) in [6.45, 7) is 3.25. The molecule has 0 aliphatic carbocycles. The van der Waals surface area contributed by atoms with E-state index in [9.17, 15) is 9.59 Å². The van der Waals surface area contributed by atoms with Gasteiger partial charge in [-0.1, -0.05) is 11.3 Å². The average molecular weight is 311 g/mol. The molecule has 2 aliphatic heterocycles. The van der Waals surface area contributed by atoms with Gasteiger partial charge in [-0.3, -0.25) is 9.59 Å². The van der Waals surface area contributed by atoms with Crippen LogP contribution in [-0.4, -0.2) is 55.7 Å². The van der Waals surface area contributed by atoms with E-state index in [1.807, 2.05) is 0 Å². The Morgan fingerprint density at radius 3 is 2.90 bits per heavy atom. The van der Waals surface area contributed by atoms with Crippen LogP contribution in [0.1, 0.15) is 16.1 Å². The summed E-state index contributed by atoms with van der Waals surface area (Å²) in [7, 11) is 0. The Balaban J connectivity index is 1.68. The van der Waals surface area contributed by atoms with Gasteiger partial charge in [-0.25, -0.2) is 4.98 Å². The van der Waals surface area contributed by atoms with Crippen molar-refractivity contribution >= 4 is 34.1 Å². The molecule has 1 unspecified atom stereocenters. The monoisotopic (exact) mass is 311 g/mol. The zero-order valence-corrected chi connectivity index (χ0v) is 12.2. The van der Waals surface area contributed by atoms with Crippen LogP contribution < -0.4 is 21.3 Å². The Labute approximate surface area is 125 Å². The van der Waals surface area contributed by atoms with Gasteiger partial charge >= 0.3 is 0 Å². The van der Waals surface area contributed by atoms with Crippen LogP contribution in [0.15, 0.2) is 0 Å². The fourth-order valence-electron chi connectivity index (χ4n) is 2.33. The van der Waals surface area contributed by atoms with Crippen molar-refractivity contribution < 1.29 is 14.3 Å². The van der Waals surface area contributed by atoms with Gasteiger partial charge < -0.3 is 26.0 Å². The van der Waals surface area contributed by atoms with Crippen molar-refractivity contribution in [2.75, 3.05) is 43.5 Å².